The van der Waals surface area contributed by atoms with Crippen LogP contribution >= 0.6 is 0 Å². The minimum absolute atomic E-state index is 0.0903. The van der Waals surface area contributed by atoms with Gasteiger partial charge in [-0.2, -0.15) is 13.2 Å². The molecular weight excluding hydrogens is 543 g/mol. The highest BCUT2D eigenvalue weighted by Crippen LogP contribution is 2.59. The molecule has 1 spiro atoms. The van der Waals surface area contributed by atoms with E-state index in [0.29, 0.717) is 28.6 Å². The Balaban J connectivity index is 0.000000470. The zero-order valence-corrected chi connectivity index (χ0v) is 21.3. The third-order valence-corrected chi connectivity index (χ3v) is 7.22. The van der Waals surface area contributed by atoms with Crippen molar-refractivity contribution in [2.75, 3.05) is 23.3 Å². The Hall–Kier alpha value is -4.16. The number of aliphatic carboxylic acids is 1. The summed E-state index contributed by atoms with van der Waals surface area (Å²) >= 11 is 0. The van der Waals surface area contributed by atoms with Crippen LogP contribution < -0.4 is 15.6 Å². The second-order valence-electron chi connectivity index (χ2n) is 10.0. The van der Waals surface area contributed by atoms with Gasteiger partial charge in [-0.3, -0.25) is 4.79 Å². The number of aromatic carboxylic acids is 1. The standard InChI is InChI=1S/C25H24F2N2O4.C2HF3O2/c1-14-9-17(15(2)28-19-6-4-3-5-16(19)23(31)32)22-18(10-14)20(30)11-21(33-22)29-12-24(13-29)7-8-25(24,26)27;3-2(4,5)1(6)7/h3-6,9-11,15,28H,7-8,12-13H2,1-2H3,(H,31,32);(H,6,7). The van der Waals surface area contributed by atoms with E-state index in [1.165, 1.54) is 12.1 Å². The lowest BCUT2D eigenvalue weighted by Gasteiger charge is -2.59. The average Bonchev–Trinajstić information content (AvgIpc) is 2.82. The number of nitrogens with zero attached hydrogens (tertiary/aromatic N) is 1. The fourth-order valence-electron chi connectivity index (χ4n) is 4.90. The SMILES string of the molecule is Cc1cc(C(C)Nc2ccccc2C(=O)O)c2oc(N3CC4(CCC4(F)F)C3)cc(=O)c2c1.O=C(O)C(F)(F)F. The van der Waals surface area contributed by atoms with E-state index in [1.807, 2.05) is 19.9 Å². The second-order valence-corrected chi connectivity index (χ2v) is 10.0. The maximum atomic E-state index is 14.0. The third-order valence-electron chi connectivity index (χ3n) is 7.22. The van der Waals surface area contributed by atoms with Crippen LogP contribution in [0.25, 0.3) is 11.0 Å². The number of nitrogens with one attached hydrogen (secondary N) is 1. The molecule has 1 saturated carbocycles. The first-order valence-corrected chi connectivity index (χ1v) is 12.1. The Labute approximate surface area is 224 Å². The lowest BCUT2D eigenvalue weighted by molar-refractivity contribution is -0.213. The van der Waals surface area contributed by atoms with Gasteiger partial charge < -0.3 is 24.8 Å². The highest BCUT2D eigenvalue weighted by molar-refractivity contribution is 5.94. The molecule has 8 nitrogen and oxygen atoms in total. The van der Waals surface area contributed by atoms with Gasteiger partial charge >= 0.3 is 18.1 Å². The molecule has 2 heterocycles. The zero-order valence-electron chi connectivity index (χ0n) is 21.3. The molecule has 13 heteroatoms. The van der Waals surface area contributed by atoms with Gasteiger partial charge in [0, 0.05) is 36.8 Å². The van der Waals surface area contributed by atoms with Gasteiger partial charge in [0.2, 0.25) is 0 Å². The highest BCUT2D eigenvalue weighted by atomic mass is 19.4. The Morgan fingerprint density at radius 1 is 1.07 bits per heavy atom. The molecule has 1 saturated heterocycles. The topological polar surface area (TPSA) is 120 Å². The largest absolute Gasteiger partial charge is 0.490 e. The van der Waals surface area contributed by atoms with Crippen molar-refractivity contribution >= 4 is 34.5 Å². The molecule has 0 amide bonds. The Kier molecular flexibility index (Phi) is 7.28. The summed E-state index contributed by atoms with van der Waals surface area (Å²) in [6, 6.07) is 11.2. The quantitative estimate of drug-likeness (QED) is 0.329. The third kappa shape index (κ3) is 5.32. The fourth-order valence-corrected chi connectivity index (χ4v) is 4.90. The van der Waals surface area contributed by atoms with Crippen LogP contribution in [0.3, 0.4) is 0 Å². The Morgan fingerprint density at radius 3 is 2.23 bits per heavy atom. The van der Waals surface area contributed by atoms with E-state index in [2.05, 4.69) is 5.32 Å². The lowest BCUT2D eigenvalue weighted by atomic mass is 9.60. The van der Waals surface area contributed by atoms with Crippen molar-refractivity contribution in [2.24, 2.45) is 5.41 Å². The number of anilines is 2. The van der Waals surface area contributed by atoms with E-state index in [1.54, 1.807) is 29.2 Å². The summed E-state index contributed by atoms with van der Waals surface area (Å²) in [7, 11) is 0. The Morgan fingerprint density at radius 2 is 1.70 bits per heavy atom. The van der Waals surface area contributed by atoms with E-state index in [-0.39, 0.29) is 42.4 Å². The summed E-state index contributed by atoms with van der Waals surface area (Å²) in [4.78, 5) is 35.1. The molecular formula is C27H25F5N2O6. The number of benzene rings is 2. The molecule has 1 aliphatic carbocycles. The van der Waals surface area contributed by atoms with Gasteiger partial charge in [-0.15, -0.1) is 0 Å². The summed E-state index contributed by atoms with van der Waals surface area (Å²) in [6.45, 7) is 4.05. The van der Waals surface area contributed by atoms with Gasteiger partial charge in [-0.05, 0) is 44.0 Å². The summed E-state index contributed by atoms with van der Waals surface area (Å²) in [5.41, 5.74) is 1.25. The second kappa shape index (κ2) is 10.1. The summed E-state index contributed by atoms with van der Waals surface area (Å²) in [6.07, 6.45) is -4.70. The van der Waals surface area contributed by atoms with Crippen LogP contribution in [0.1, 0.15) is 47.3 Å². The number of carboxylic acids is 2. The molecule has 2 aromatic carbocycles. The molecule has 0 bridgehead atoms. The van der Waals surface area contributed by atoms with Gasteiger partial charge in [0.1, 0.15) is 5.58 Å². The predicted molar refractivity (Wildman–Crippen MR) is 135 cm³/mol. The first-order chi connectivity index (χ1) is 18.5. The molecule has 3 N–H and O–H groups in total. The number of rotatable bonds is 5. The molecule has 1 aromatic heterocycles. The maximum absolute atomic E-state index is 14.0. The average molecular weight is 568 g/mol. The number of carboxylic acid groups (broad SMARTS) is 2. The van der Waals surface area contributed by atoms with Gasteiger partial charge in [0.15, 0.2) is 11.3 Å². The zero-order chi connectivity index (χ0) is 29.6. The number of fused-ring (bicyclic) bond motifs is 1. The number of hydrogen-bond acceptors (Lipinski definition) is 6. The summed E-state index contributed by atoms with van der Waals surface area (Å²) in [5.74, 6) is -6.19. The van der Waals surface area contributed by atoms with Crippen LogP contribution in [-0.2, 0) is 4.79 Å². The molecule has 1 aliphatic heterocycles. The normalized spacial score (nSPS) is 17.7. The number of hydrogen-bond donors (Lipinski definition) is 3. The van der Waals surface area contributed by atoms with E-state index in [9.17, 15) is 36.6 Å². The van der Waals surface area contributed by atoms with E-state index in [4.69, 9.17) is 14.3 Å². The van der Waals surface area contributed by atoms with E-state index < -0.39 is 29.5 Å². The van der Waals surface area contributed by atoms with Crippen LogP contribution in [0, 0.1) is 12.3 Å². The van der Waals surface area contributed by atoms with Crippen LogP contribution in [0.4, 0.5) is 33.5 Å². The molecule has 2 fully saturated rings. The predicted octanol–water partition coefficient (Wildman–Crippen LogP) is 5.84. The number of carbonyl (C=O) groups is 2. The first kappa shape index (κ1) is 28.8. The van der Waals surface area contributed by atoms with Crippen LogP contribution in [-0.4, -0.2) is 47.3 Å². The van der Waals surface area contributed by atoms with Gasteiger partial charge in [-0.25, -0.2) is 18.4 Å². The Bertz CT molecular complexity index is 1530. The van der Waals surface area contributed by atoms with E-state index in [0.717, 1.165) is 5.56 Å². The number of aryl methyl sites for hydroxylation is 1. The minimum atomic E-state index is -5.08. The highest BCUT2D eigenvalue weighted by Gasteiger charge is 2.67. The van der Waals surface area contributed by atoms with Crippen molar-refractivity contribution in [3.8, 4) is 0 Å². The molecule has 1 atom stereocenters. The fraction of sp³-hybridized carbons (Fsp3) is 0.370. The van der Waals surface area contributed by atoms with Crippen LogP contribution in [0.15, 0.2) is 51.7 Å². The smallest absolute Gasteiger partial charge is 0.478 e. The van der Waals surface area contributed by atoms with Gasteiger partial charge in [-0.1, -0.05) is 18.2 Å². The van der Waals surface area contributed by atoms with Crippen molar-refractivity contribution < 1.29 is 46.2 Å². The molecule has 5 rings (SSSR count). The maximum Gasteiger partial charge on any atom is 0.490 e. The minimum Gasteiger partial charge on any atom is -0.478 e. The molecule has 40 heavy (non-hydrogen) atoms. The van der Waals surface area contributed by atoms with Crippen molar-refractivity contribution in [3.63, 3.8) is 0 Å². The summed E-state index contributed by atoms with van der Waals surface area (Å²) < 4.78 is 65.9. The lowest BCUT2D eigenvalue weighted by Crippen LogP contribution is -2.70. The van der Waals surface area contributed by atoms with Crippen molar-refractivity contribution in [1.29, 1.82) is 0 Å². The molecule has 2 aliphatic rings. The van der Waals surface area contributed by atoms with Gasteiger partial charge in [0.05, 0.1) is 22.4 Å². The molecule has 1 unspecified atom stereocenters. The van der Waals surface area contributed by atoms with Crippen molar-refractivity contribution in [1.82, 2.24) is 0 Å². The van der Waals surface area contributed by atoms with Crippen LogP contribution in [0.2, 0.25) is 0 Å². The molecule has 3 aromatic rings. The monoisotopic (exact) mass is 568 g/mol. The van der Waals surface area contributed by atoms with Crippen LogP contribution in [0.5, 0.6) is 0 Å². The number of alkyl halides is 5. The molecule has 214 valence electrons. The summed E-state index contributed by atoms with van der Waals surface area (Å²) in [5, 5.41) is 20.2. The first-order valence-electron chi connectivity index (χ1n) is 12.1. The number of halogens is 5. The van der Waals surface area contributed by atoms with E-state index >= 15 is 0 Å². The molecule has 0 radical (unpaired) electrons. The van der Waals surface area contributed by atoms with Crippen molar-refractivity contribution in [2.45, 2.75) is 44.8 Å². The van der Waals surface area contributed by atoms with Gasteiger partial charge in [0.25, 0.3) is 5.92 Å². The number of para-hydroxylation sites is 1. The van der Waals surface area contributed by atoms with Crippen molar-refractivity contribution in [3.05, 3.63) is 69.4 Å².